The van der Waals surface area contributed by atoms with Crippen LogP contribution in [0.2, 0.25) is 0 Å². The normalized spacial score (nSPS) is 10.3. The summed E-state index contributed by atoms with van der Waals surface area (Å²) >= 11 is 0. The third-order valence-corrected chi connectivity index (χ3v) is 2.43. The van der Waals surface area contributed by atoms with Gasteiger partial charge in [0.1, 0.15) is 0 Å². The van der Waals surface area contributed by atoms with Gasteiger partial charge < -0.3 is 9.30 Å². The molecule has 0 aromatic carbocycles. The molecule has 0 aliphatic rings. The van der Waals surface area contributed by atoms with E-state index in [4.69, 9.17) is 4.74 Å². The number of rotatable bonds is 3. The van der Waals surface area contributed by atoms with Gasteiger partial charge in [-0.3, -0.25) is 0 Å². The van der Waals surface area contributed by atoms with Gasteiger partial charge in [-0.05, 0) is 26.3 Å². The first-order chi connectivity index (χ1) is 6.61. The molecule has 0 amide bonds. The molecule has 78 valence electrons. The summed E-state index contributed by atoms with van der Waals surface area (Å²) in [6.07, 6.45) is 1.07. The number of aryl methyl sites for hydroxylation is 1. The fourth-order valence-corrected chi connectivity index (χ4v) is 1.69. The number of hydrogen-bond acceptors (Lipinski definition) is 2. The van der Waals surface area contributed by atoms with E-state index < -0.39 is 0 Å². The summed E-state index contributed by atoms with van der Waals surface area (Å²) in [6, 6.07) is 1.89. The number of nitrogens with zero attached hydrogens (tertiary/aromatic N) is 1. The molecule has 0 aliphatic carbocycles. The Balaban J connectivity index is 3.10. The van der Waals surface area contributed by atoms with E-state index in [1.165, 1.54) is 7.11 Å². The summed E-state index contributed by atoms with van der Waals surface area (Å²) in [5.41, 5.74) is 2.79. The van der Waals surface area contributed by atoms with Gasteiger partial charge in [0, 0.05) is 17.9 Å². The number of ether oxygens (including phenoxy) is 1. The number of aromatic nitrogens is 1. The van der Waals surface area contributed by atoms with E-state index in [-0.39, 0.29) is 5.97 Å². The number of methoxy groups -OCH3 is 1. The van der Waals surface area contributed by atoms with E-state index >= 15 is 0 Å². The highest BCUT2D eigenvalue weighted by Crippen LogP contribution is 2.16. The Labute approximate surface area is 84.7 Å². The van der Waals surface area contributed by atoms with Crippen molar-refractivity contribution in [3.8, 4) is 0 Å². The third-order valence-electron chi connectivity index (χ3n) is 2.43. The van der Waals surface area contributed by atoms with Crippen LogP contribution in [0.5, 0.6) is 0 Å². The minimum Gasteiger partial charge on any atom is -0.465 e. The van der Waals surface area contributed by atoms with Crippen molar-refractivity contribution in [1.82, 2.24) is 4.57 Å². The highest BCUT2D eigenvalue weighted by molar-refractivity contribution is 5.91. The molecule has 0 saturated heterocycles. The minimum absolute atomic E-state index is 0.250. The summed E-state index contributed by atoms with van der Waals surface area (Å²) in [5, 5.41) is 0. The van der Waals surface area contributed by atoms with Crippen LogP contribution in [0.25, 0.3) is 0 Å². The van der Waals surface area contributed by atoms with E-state index in [0.717, 1.165) is 24.4 Å². The average Bonchev–Trinajstić information content (AvgIpc) is 2.45. The summed E-state index contributed by atoms with van der Waals surface area (Å²) in [4.78, 5) is 11.4. The zero-order valence-corrected chi connectivity index (χ0v) is 9.26. The minimum atomic E-state index is -0.250. The zero-order valence-electron chi connectivity index (χ0n) is 9.26. The zero-order chi connectivity index (χ0) is 10.7. The SMILES string of the molecule is CCCn1c(C)cc(C(=O)OC)c1C. The Kier molecular flexibility index (Phi) is 3.33. The molecule has 1 aromatic heterocycles. The van der Waals surface area contributed by atoms with Crippen LogP contribution in [0.4, 0.5) is 0 Å². The molecule has 3 nitrogen and oxygen atoms in total. The molecule has 0 bridgehead atoms. The van der Waals surface area contributed by atoms with Gasteiger partial charge in [0.15, 0.2) is 0 Å². The maximum atomic E-state index is 11.4. The van der Waals surface area contributed by atoms with Gasteiger partial charge >= 0.3 is 5.97 Å². The summed E-state index contributed by atoms with van der Waals surface area (Å²) in [7, 11) is 1.41. The van der Waals surface area contributed by atoms with Gasteiger partial charge in [-0.25, -0.2) is 4.79 Å². The van der Waals surface area contributed by atoms with Crippen molar-refractivity contribution < 1.29 is 9.53 Å². The topological polar surface area (TPSA) is 31.2 Å². The van der Waals surface area contributed by atoms with Crippen LogP contribution in [0.3, 0.4) is 0 Å². The molecule has 0 fully saturated rings. The molecule has 1 rings (SSSR count). The fraction of sp³-hybridized carbons (Fsp3) is 0.545. The molecule has 0 saturated carbocycles. The standard InChI is InChI=1S/C11H17NO2/c1-5-6-12-8(2)7-10(9(12)3)11(13)14-4/h7H,5-6H2,1-4H3. The largest absolute Gasteiger partial charge is 0.465 e. The van der Waals surface area contributed by atoms with Crippen LogP contribution in [0.15, 0.2) is 6.07 Å². The van der Waals surface area contributed by atoms with Crippen LogP contribution >= 0.6 is 0 Å². The first-order valence-electron chi connectivity index (χ1n) is 4.86. The lowest BCUT2D eigenvalue weighted by Crippen LogP contribution is -2.05. The van der Waals surface area contributed by atoms with Crippen LogP contribution in [0, 0.1) is 13.8 Å². The van der Waals surface area contributed by atoms with Gasteiger partial charge in [0.2, 0.25) is 0 Å². The predicted octanol–water partition coefficient (Wildman–Crippen LogP) is 2.30. The molecule has 1 heterocycles. The van der Waals surface area contributed by atoms with Crippen molar-refractivity contribution >= 4 is 5.97 Å². The van der Waals surface area contributed by atoms with E-state index in [2.05, 4.69) is 11.5 Å². The van der Waals surface area contributed by atoms with Crippen molar-refractivity contribution in [2.45, 2.75) is 33.7 Å². The molecule has 3 heteroatoms. The average molecular weight is 195 g/mol. The molecular weight excluding hydrogens is 178 g/mol. The van der Waals surface area contributed by atoms with Crippen molar-refractivity contribution in [1.29, 1.82) is 0 Å². The number of hydrogen-bond donors (Lipinski definition) is 0. The van der Waals surface area contributed by atoms with Gasteiger partial charge in [0.05, 0.1) is 12.7 Å². The Hall–Kier alpha value is -1.25. The molecule has 0 radical (unpaired) electrons. The van der Waals surface area contributed by atoms with Crippen LogP contribution < -0.4 is 0 Å². The first-order valence-corrected chi connectivity index (χ1v) is 4.86. The summed E-state index contributed by atoms with van der Waals surface area (Å²) in [5.74, 6) is -0.250. The smallest absolute Gasteiger partial charge is 0.339 e. The van der Waals surface area contributed by atoms with Gasteiger partial charge in [-0.2, -0.15) is 0 Å². The van der Waals surface area contributed by atoms with Crippen LogP contribution in [0.1, 0.15) is 35.1 Å². The van der Waals surface area contributed by atoms with Gasteiger partial charge in [0.25, 0.3) is 0 Å². The second-order valence-electron chi connectivity index (χ2n) is 3.43. The lowest BCUT2D eigenvalue weighted by molar-refractivity contribution is 0.0600. The first kappa shape index (κ1) is 10.8. The fourth-order valence-electron chi connectivity index (χ4n) is 1.69. The van der Waals surface area contributed by atoms with Crippen molar-refractivity contribution in [3.05, 3.63) is 23.0 Å². The monoisotopic (exact) mass is 195 g/mol. The Morgan fingerprint density at radius 2 is 2.14 bits per heavy atom. The van der Waals surface area contributed by atoms with E-state index in [1.54, 1.807) is 0 Å². The molecule has 0 spiro atoms. The number of esters is 1. The molecule has 14 heavy (non-hydrogen) atoms. The van der Waals surface area contributed by atoms with E-state index in [1.807, 2.05) is 19.9 Å². The Morgan fingerprint density at radius 3 is 2.64 bits per heavy atom. The molecule has 0 atom stereocenters. The molecular formula is C11H17NO2. The lowest BCUT2D eigenvalue weighted by Gasteiger charge is -2.07. The lowest BCUT2D eigenvalue weighted by atomic mass is 10.2. The number of carbonyl (C=O) groups excluding carboxylic acids is 1. The maximum absolute atomic E-state index is 11.4. The van der Waals surface area contributed by atoms with Crippen LogP contribution in [-0.2, 0) is 11.3 Å². The Bertz CT molecular complexity index is 339. The number of carbonyl (C=O) groups is 1. The molecule has 0 aliphatic heterocycles. The van der Waals surface area contributed by atoms with Crippen molar-refractivity contribution in [2.75, 3.05) is 7.11 Å². The summed E-state index contributed by atoms with van der Waals surface area (Å²) in [6.45, 7) is 7.04. The molecule has 0 unspecified atom stereocenters. The molecule has 0 N–H and O–H groups in total. The summed E-state index contributed by atoms with van der Waals surface area (Å²) < 4.78 is 6.86. The Morgan fingerprint density at radius 1 is 1.50 bits per heavy atom. The van der Waals surface area contributed by atoms with Crippen molar-refractivity contribution in [2.24, 2.45) is 0 Å². The van der Waals surface area contributed by atoms with Gasteiger partial charge in [-0.15, -0.1) is 0 Å². The second kappa shape index (κ2) is 4.31. The molecule has 1 aromatic rings. The third kappa shape index (κ3) is 1.81. The van der Waals surface area contributed by atoms with Crippen LogP contribution in [-0.4, -0.2) is 17.6 Å². The highest BCUT2D eigenvalue weighted by Gasteiger charge is 2.14. The highest BCUT2D eigenvalue weighted by atomic mass is 16.5. The van der Waals surface area contributed by atoms with Crippen molar-refractivity contribution in [3.63, 3.8) is 0 Å². The van der Waals surface area contributed by atoms with E-state index in [0.29, 0.717) is 5.56 Å². The second-order valence-corrected chi connectivity index (χ2v) is 3.43. The van der Waals surface area contributed by atoms with Gasteiger partial charge in [-0.1, -0.05) is 6.92 Å². The predicted molar refractivity (Wildman–Crippen MR) is 55.5 cm³/mol. The van der Waals surface area contributed by atoms with E-state index in [9.17, 15) is 4.79 Å². The quantitative estimate of drug-likeness (QED) is 0.693. The maximum Gasteiger partial charge on any atom is 0.339 e.